The van der Waals surface area contributed by atoms with E-state index in [1.165, 1.54) is 21.4 Å². The third-order valence-corrected chi connectivity index (χ3v) is 9.11. The zero-order valence-corrected chi connectivity index (χ0v) is 25.1. The number of ether oxygens (including phenoxy) is 2. The van der Waals surface area contributed by atoms with Gasteiger partial charge in [-0.15, -0.1) is 0 Å². The van der Waals surface area contributed by atoms with Crippen LogP contribution in [0, 0.1) is 0 Å². The molecule has 228 valence electrons. The van der Waals surface area contributed by atoms with Crippen molar-refractivity contribution in [3.05, 3.63) is 136 Å². The second-order valence-electron chi connectivity index (χ2n) is 11.8. The summed E-state index contributed by atoms with van der Waals surface area (Å²) in [7, 11) is 0. The third kappa shape index (κ3) is 4.83. The van der Waals surface area contributed by atoms with E-state index < -0.39 is 0 Å². The Kier molecular flexibility index (Phi) is 6.90. The Bertz CT molecular complexity index is 2010. The summed E-state index contributed by atoms with van der Waals surface area (Å²) in [4.78, 5) is 45.8. The quantitative estimate of drug-likeness (QED) is 0.182. The maximum Gasteiger partial charge on any atom is 0.261 e. The molecule has 3 aliphatic heterocycles. The summed E-state index contributed by atoms with van der Waals surface area (Å²) < 4.78 is 11.6. The highest BCUT2D eigenvalue weighted by Crippen LogP contribution is 2.40. The number of carbonyl (C=O) groups excluding carboxylic acids is 3. The summed E-state index contributed by atoms with van der Waals surface area (Å²) in [5, 5.41) is 1.21. The molecular formula is C38H31N3O5. The van der Waals surface area contributed by atoms with Crippen LogP contribution in [0.4, 0.5) is 0 Å². The number of hydrogen-bond donors (Lipinski definition) is 1. The lowest BCUT2D eigenvalue weighted by Gasteiger charge is -2.36. The molecular weight excluding hydrogens is 578 g/mol. The maximum atomic E-state index is 13.8. The van der Waals surface area contributed by atoms with Gasteiger partial charge in [0.15, 0.2) is 0 Å². The van der Waals surface area contributed by atoms with Crippen molar-refractivity contribution in [1.82, 2.24) is 14.8 Å². The van der Waals surface area contributed by atoms with Crippen LogP contribution in [0.25, 0.3) is 17.0 Å². The zero-order chi connectivity index (χ0) is 31.2. The first-order valence-electron chi connectivity index (χ1n) is 15.6. The monoisotopic (exact) mass is 609 g/mol. The van der Waals surface area contributed by atoms with Gasteiger partial charge in [0, 0.05) is 35.6 Å². The van der Waals surface area contributed by atoms with Crippen LogP contribution in [-0.2, 0) is 17.6 Å². The first-order chi connectivity index (χ1) is 22.5. The van der Waals surface area contributed by atoms with Gasteiger partial charge >= 0.3 is 0 Å². The molecule has 0 saturated heterocycles. The number of amides is 3. The third-order valence-electron chi connectivity index (χ3n) is 9.11. The number of carbonyl (C=O) groups is 3. The molecule has 0 saturated carbocycles. The molecule has 46 heavy (non-hydrogen) atoms. The highest BCUT2D eigenvalue weighted by atomic mass is 16.5. The van der Waals surface area contributed by atoms with Crippen LogP contribution in [0.5, 0.6) is 11.5 Å². The van der Waals surface area contributed by atoms with Crippen molar-refractivity contribution in [3.8, 4) is 11.5 Å². The van der Waals surface area contributed by atoms with Gasteiger partial charge in [-0.1, -0.05) is 48.5 Å². The van der Waals surface area contributed by atoms with E-state index >= 15 is 0 Å². The SMILES string of the molecule is O=C1c2ccccc2C(=O)N1CCOc1ccc(C=CC(=O)N2CCc3c([nH]c4ccccc34)C2c2ccc3c(c2)CCO3)cc1. The highest BCUT2D eigenvalue weighted by molar-refractivity contribution is 6.21. The number of hydrogen-bond acceptors (Lipinski definition) is 5. The van der Waals surface area contributed by atoms with E-state index in [-0.39, 0.29) is 36.9 Å². The van der Waals surface area contributed by atoms with E-state index in [9.17, 15) is 14.4 Å². The summed E-state index contributed by atoms with van der Waals surface area (Å²) in [6.07, 6.45) is 5.09. The molecule has 8 rings (SSSR count). The molecule has 1 unspecified atom stereocenters. The van der Waals surface area contributed by atoms with Gasteiger partial charge in [-0.05, 0) is 77.2 Å². The number of fused-ring (bicyclic) bond motifs is 5. The second kappa shape index (κ2) is 11.4. The first-order valence-corrected chi connectivity index (χ1v) is 15.6. The Labute approximate surface area is 265 Å². The molecule has 4 aromatic carbocycles. The molecule has 1 atom stereocenters. The fraction of sp³-hybridized carbons (Fsp3) is 0.184. The lowest BCUT2D eigenvalue weighted by atomic mass is 9.91. The minimum atomic E-state index is -0.295. The molecule has 4 heterocycles. The fourth-order valence-electron chi connectivity index (χ4n) is 6.84. The molecule has 5 aromatic rings. The summed E-state index contributed by atoms with van der Waals surface area (Å²) in [5.74, 6) is 0.883. The molecule has 0 spiro atoms. The Morgan fingerprint density at radius 2 is 1.67 bits per heavy atom. The number of aromatic amines is 1. The van der Waals surface area contributed by atoms with Crippen LogP contribution in [-0.4, -0.2) is 58.8 Å². The predicted molar refractivity (Wildman–Crippen MR) is 174 cm³/mol. The first kappa shape index (κ1) is 27.9. The van der Waals surface area contributed by atoms with Crippen LogP contribution in [0.2, 0.25) is 0 Å². The molecule has 8 nitrogen and oxygen atoms in total. The van der Waals surface area contributed by atoms with Crippen molar-refractivity contribution < 1.29 is 23.9 Å². The normalized spacial score (nSPS) is 16.9. The standard InChI is InChI=1S/C38H31N3O5/c42-34(16-11-24-9-13-27(14-10-24)45-22-20-41-37(43)30-6-1-2-7-31(30)38(41)44)40-19-17-29-28-5-3-4-8-32(28)39-35(29)36(40)26-12-15-33-25(23-26)18-21-46-33/h1-16,23,36,39H,17-22H2. The zero-order valence-electron chi connectivity index (χ0n) is 25.1. The largest absolute Gasteiger partial charge is 0.493 e. The van der Waals surface area contributed by atoms with Crippen molar-refractivity contribution in [3.63, 3.8) is 0 Å². The summed E-state index contributed by atoms with van der Waals surface area (Å²) in [5.41, 5.74) is 7.37. The van der Waals surface area contributed by atoms with Crippen molar-refractivity contribution in [1.29, 1.82) is 0 Å². The number of aromatic nitrogens is 1. The van der Waals surface area contributed by atoms with Crippen molar-refractivity contribution in [2.75, 3.05) is 26.3 Å². The minimum absolute atomic E-state index is 0.0627. The fourth-order valence-corrected chi connectivity index (χ4v) is 6.84. The maximum absolute atomic E-state index is 13.8. The van der Waals surface area contributed by atoms with Gasteiger partial charge in [-0.3, -0.25) is 19.3 Å². The number of nitrogens with zero attached hydrogens (tertiary/aromatic N) is 2. The number of para-hydroxylation sites is 1. The van der Waals surface area contributed by atoms with Crippen LogP contribution in [0.1, 0.15) is 54.7 Å². The van der Waals surface area contributed by atoms with E-state index in [2.05, 4.69) is 35.3 Å². The molecule has 0 bridgehead atoms. The van der Waals surface area contributed by atoms with Crippen LogP contribution < -0.4 is 9.47 Å². The lowest BCUT2D eigenvalue weighted by Crippen LogP contribution is -2.39. The Hall–Kier alpha value is -5.63. The number of imide groups is 1. The van der Waals surface area contributed by atoms with E-state index in [1.54, 1.807) is 30.3 Å². The second-order valence-corrected chi connectivity index (χ2v) is 11.8. The minimum Gasteiger partial charge on any atom is -0.493 e. The van der Waals surface area contributed by atoms with Gasteiger partial charge in [-0.25, -0.2) is 0 Å². The Morgan fingerprint density at radius 1 is 0.913 bits per heavy atom. The molecule has 3 amide bonds. The van der Waals surface area contributed by atoms with E-state index in [0.29, 0.717) is 30.0 Å². The number of H-pyrrole nitrogens is 1. The molecule has 0 aliphatic carbocycles. The molecule has 0 fully saturated rings. The molecule has 8 heteroatoms. The lowest BCUT2D eigenvalue weighted by molar-refractivity contribution is -0.128. The topological polar surface area (TPSA) is 91.9 Å². The van der Waals surface area contributed by atoms with Crippen LogP contribution in [0.15, 0.2) is 97.1 Å². The van der Waals surface area contributed by atoms with Gasteiger partial charge < -0.3 is 19.4 Å². The van der Waals surface area contributed by atoms with Gasteiger partial charge in [0.2, 0.25) is 5.91 Å². The average molecular weight is 610 g/mol. The highest BCUT2D eigenvalue weighted by Gasteiger charge is 2.36. The van der Waals surface area contributed by atoms with Gasteiger partial charge in [0.05, 0.1) is 30.3 Å². The summed E-state index contributed by atoms with van der Waals surface area (Å²) >= 11 is 0. The van der Waals surface area contributed by atoms with Gasteiger partial charge in [0.25, 0.3) is 11.8 Å². The van der Waals surface area contributed by atoms with E-state index in [4.69, 9.17) is 9.47 Å². The summed E-state index contributed by atoms with van der Waals surface area (Å²) in [6, 6.07) is 28.6. The van der Waals surface area contributed by atoms with E-state index in [0.717, 1.165) is 40.9 Å². The van der Waals surface area contributed by atoms with E-state index in [1.807, 2.05) is 47.4 Å². The van der Waals surface area contributed by atoms with Crippen molar-refractivity contribution >= 4 is 34.7 Å². The van der Waals surface area contributed by atoms with Crippen LogP contribution >= 0.6 is 0 Å². The Morgan fingerprint density at radius 3 is 2.48 bits per heavy atom. The van der Waals surface area contributed by atoms with Crippen molar-refractivity contribution in [2.45, 2.75) is 18.9 Å². The Balaban J connectivity index is 0.966. The van der Waals surface area contributed by atoms with Crippen LogP contribution in [0.3, 0.4) is 0 Å². The average Bonchev–Trinajstić information content (AvgIpc) is 3.78. The number of rotatable bonds is 7. The molecule has 1 N–H and O–H groups in total. The number of nitrogens with one attached hydrogen (secondary N) is 1. The molecule has 3 aliphatic rings. The van der Waals surface area contributed by atoms with Gasteiger partial charge in [0.1, 0.15) is 18.1 Å². The molecule has 1 aromatic heterocycles. The smallest absolute Gasteiger partial charge is 0.261 e. The van der Waals surface area contributed by atoms with Crippen molar-refractivity contribution in [2.24, 2.45) is 0 Å². The summed E-state index contributed by atoms with van der Waals surface area (Å²) in [6.45, 7) is 1.63. The van der Waals surface area contributed by atoms with Gasteiger partial charge in [-0.2, -0.15) is 0 Å². The molecule has 0 radical (unpaired) electrons. The number of benzene rings is 4. The predicted octanol–water partition coefficient (Wildman–Crippen LogP) is 5.97.